The maximum atomic E-state index is 12.2. The van der Waals surface area contributed by atoms with Crippen molar-refractivity contribution in [1.82, 2.24) is 4.90 Å². The van der Waals surface area contributed by atoms with Gasteiger partial charge in [-0.25, -0.2) is 0 Å². The second-order valence-electron chi connectivity index (χ2n) is 6.85. The van der Waals surface area contributed by atoms with Gasteiger partial charge in [0, 0.05) is 13.0 Å². The van der Waals surface area contributed by atoms with Crippen molar-refractivity contribution < 1.29 is 23.5 Å². The molecular weight excluding hydrogens is 384 g/mol. The van der Waals surface area contributed by atoms with Crippen LogP contribution >= 0.6 is 11.6 Å². The van der Waals surface area contributed by atoms with Gasteiger partial charge in [0.1, 0.15) is 5.76 Å². The average molecular weight is 405 g/mol. The summed E-state index contributed by atoms with van der Waals surface area (Å²) in [5, 5.41) is 3.08. The second kappa shape index (κ2) is 8.48. The molecule has 1 aliphatic heterocycles. The maximum Gasteiger partial charge on any atom is 0.311 e. The molecule has 1 N–H and O–H groups in total. The van der Waals surface area contributed by atoms with Gasteiger partial charge in [-0.1, -0.05) is 17.7 Å². The molecule has 2 amide bonds. The van der Waals surface area contributed by atoms with Crippen LogP contribution in [0.1, 0.15) is 23.3 Å². The first-order valence-electron chi connectivity index (χ1n) is 8.87. The molecule has 28 heavy (non-hydrogen) atoms. The van der Waals surface area contributed by atoms with Crippen molar-refractivity contribution in [2.75, 3.05) is 18.5 Å². The molecule has 1 saturated heterocycles. The van der Waals surface area contributed by atoms with Crippen molar-refractivity contribution in [2.45, 2.75) is 26.8 Å². The van der Waals surface area contributed by atoms with Crippen LogP contribution in [0.15, 0.2) is 34.9 Å². The molecule has 0 bridgehead atoms. The Hall–Kier alpha value is -2.80. The van der Waals surface area contributed by atoms with Crippen LogP contribution in [-0.2, 0) is 25.7 Å². The normalized spacial score (nSPS) is 16.3. The van der Waals surface area contributed by atoms with Crippen molar-refractivity contribution in [3.05, 3.63) is 52.4 Å². The van der Waals surface area contributed by atoms with Gasteiger partial charge in [0.15, 0.2) is 6.61 Å². The topological polar surface area (TPSA) is 88.8 Å². The van der Waals surface area contributed by atoms with Gasteiger partial charge in [0.05, 0.1) is 29.4 Å². The van der Waals surface area contributed by atoms with Crippen LogP contribution in [0.5, 0.6) is 0 Å². The number of hydrogen-bond donors (Lipinski definition) is 1. The molecule has 0 radical (unpaired) electrons. The highest BCUT2D eigenvalue weighted by atomic mass is 35.5. The fourth-order valence-corrected chi connectivity index (χ4v) is 3.55. The Balaban J connectivity index is 1.50. The number of halogens is 1. The summed E-state index contributed by atoms with van der Waals surface area (Å²) in [6.07, 6.45) is 1.59. The minimum atomic E-state index is -0.597. The number of furan rings is 1. The Bertz CT molecular complexity index is 871. The van der Waals surface area contributed by atoms with Crippen LogP contribution in [0.4, 0.5) is 5.69 Å². The van der Waals surface area contributed by atoms with Crippen molar-refractivity contribution in [1.29, 1.82) is 0 Å². The van der Waals surface area contributed by atoms with E-state index in [9.17, 15) is 14.4 Å². The van der Waals surface area contributed by atoms with Crippen molar-refractivity contribution in [3.8, 4) is 0 Å². The van der Waals surface area contributed by atoms with E-state index in [1.165, 1.54) is 6.26 Å². The van der Waals surface area contributed by atoms with E-state index in [1.807, 2.05) is 19.9 Å². The third-order valence-electron chi connectivity index (χ3n) is 4.52. The van der Waals surface area contributed by atoms with E-state index < -0.39 is 24.4 Å². The lowest BCUT2D eigenvalue weighted by Gasteiger charge is -2.15. The summed E-state index contributed by atoms with van der Waals surface area (Å²) in [6, 6.07) is 7.14. The van der Waals surface area contributed by atoms with Crippen LogP contribution in [0.3, 0.4) is 0 Å². The zero-order valence-electron chi connectivity index (χ0n) is 15.7. The molecule has 2 aromatic rings. The van der Waals surface area contributed by atoms with Crippen LogP contribution < -0.4 is 5.32 Å². The van der Waals surface area contributed by atoms with E-state index in [1.54, 1.807) is 23.1 Å². The molecule has 1 unspecified atom stereocenters. The van der Waals surface area contributed by atoms with E-state index in [4.69, 9.17) is 20.8 Å². The molecule has 0 aliphatic carbocycles. The van der Waals surface area contributed by atoms with Gasteiger partial charge in [-0.05, 0) is 43.2 Å². The minimum Gasteiger partial charge on any atom is -0.467 e. The van der Waals surface area contributed by atoms with E-state index in [-0.39, 0.29) is 18.9 Å². The Labute approximate surface area is 167 Å². The molecule has 1 aliphatic rings. The number of ether oxygens (including phenoxy) is 1. The van der Waals surface area contributed by atoms with Gasteiger partial charge >= 0.3 is 5.97 Å². The molecule has 0 saturated carbocycles. The third kappa shape index (κ3) is 4.72. The molecule has 1 aromatic carbocycles. The highest BCUT2D eigenvalue weighted by molar-refractivity contribution is 6.34. The van der Waals surface area contributed by atoms with E-state index in [0.717, 1.165) is 11.1 Å². The van der Waals surface area contributed by atoms with E-state index >= 15 is 0 Å². The summed E-state index contributed by atoms with van der Waals surface area (Å²) in [6.45, 7) is 3.85. The minimum absolute atomic E-state index is 0.0596. The van der Waals surface area contributed by atoms with Crippen molar-refractivity contribution in [3.63, 3.8) is 0 Å². The zero-order valence-corrected chi connectivity index (χ0v) is 16.4. The van der Waals surface area contributed by atoms with Crippen molar-refractivity contribution >= 4 is 35.1 Å². The fraction of sp³-hybridized carbons (Fsp3) is 0.350. The maximum absolute atomic E-state index is 12.2. The largest absolute Gasteiger partial charge is 0.467 e. The number of anilines is 1. The van der Waals surface area contributed by atoms with Gasteiger partial charge in [-0.15, -0.1) is 0 Å². The molecule has 148 valence electrons. The Morgan fingerprint density at radius 3 is 2.82 bits per heavy atom. The standard InChI is InChI=1S/C20H21ClN2O5/c1-12-6-13(2)19(16(21)7-12)22-17(24)11-28-20(26)14-8-18(25)23(9-14)10-15-4-3-5-27-15/h3-7,14H,8-11H2,1-2H3,(H,22,24). The molecule has 8 heteroatoms. The lowest BCUT2D eigenvalue weighted by atomic mass is 10.1. The number of aryl methyl sites for hydroxylation is 2. The number of benzene rings is 1. The molecule has 2 heterocycles. The van der Waals surface area contributed by atoms with Gasteiger partial charge in [-0.3, -0.25) is 14.4 Å². The third-order valence-corrected chi connectivity index (χ3v) is 4.81. The Morgan fingerprint density at radius 2 is 2.14 bits per heavy atom. The highest BCUT2D eigenvalue weighted by Crippen LogP contribution is 2.27. The summed E-state index contributed by atoms with van der Waals surface area (Å²) in [4.78, 5) is 38.0. The number of carbonyl (C=O) groups is 3. The average Bonchev–Trinajstić information content (AvgIpc) is 3.26. The van der Waals surface area contributed by atoms with Crippen LogP contribution in [0.2, 0.25) is 5.02 Å². The monoisotopic (exact) mass is 404 g/mol. The van der Waals surface area contributed by atoms with E-state index in [0.29, 0.717) is 23.0 Å². The predicted octanol–water partition coefficient (Wildman–Crippen LogP) is 3.08. The Morgan fingerprint density at radius 1 is 1.36 bits per heavy atom. The van der Waals surface area contributed by atoms with Gasteiger partial charge in [0.25, 0.3) is 5.91 Å². The van der Waals surface area contributed by atoms with E-state index in [2.05, 4.69) is 5.32 Å². The SMILES string of the molecule is Cc1cc(C)c(NC(=O)COC(=O)C2CC(=O)N(Cc3ccco3)C2)c(Cl)c1. The number of carbonyl (C=O) groups excluding carboxylic acids is 3. The summed E-state index contributed by atoms with van der Waals surface area (Å²) in [5.74, 6) is -1.16. The number of hydrogen-bond acceptors (Lipinski definition) is 5. The first-order chi connectivity index (χ1) is 13.3. The summed E-state index contributed by atoms with van der Waals surface area (Å²) in [7, 11) is 0. The molecule has 0 spiro atoms. The van der Waals surface area contributed by atoms with Gasteiger partial charge in [0.2, 0.25) is 5.91 Å². The summed E-state index contributed by atoms with van der Waals surface area (Å²) >= 11 is 6.16. The number of esters is 1. The first-order valence-corrected chi connectivity index (χ1v) is 9.24. The van der Waals surface area contributed by atoms with Crippen LogP contribution in [0.25, 0.3) is 0 Å². The fourth-order valence-electron chi connectivity index (χ4n) is 3.18. The van der Waals surface area contributed by atoms with Gasteiger partial charge < -0.3 is 19.4 Å². The summed E-state index contributed by atoms with van der Waals surface area (Å²) in [5.41, 5.74) is 2.30. The molecule has 7 nitrogen and oxygen atoms in total. The smallest absolute Gasteiger partial charge is 0.311 e. The number of likely N-dealkylation sites (tertiary alicyclic amines) is 1. The molecule has 1 aromatic heterocycles. The first kappa shape index (κ1) is 19.9. The van der Waals surface area contributed by atoms with Gasteiger partial charge in [-0.2, -0.15) is 0 Å². The Kier molecular flexibility index (Phi) is 6.04. The van der Waals surface area contributed by atoms with Crippen LogP contribution in [0, 0.1) is 19.8 Å². The lowest BCUT2D eigenvalue weighted by Crippen LogP contribution is -2.28. The highest BCUT2D eigenvalue weighted by Gasteiger charge is 2.35. The number of nitrogens with zero attached hydrogens (tertiary/aromatic N) is 1. The van der Waals surface area contributed by atoms with Crippen LogP contribution in [-0.4, -0.2) is 35.8 Å². The molecular formula is C20H21ClN2O5. The molecule has 3 rings (SSSR count). The second-order valence-corrected chi connectivity index (χ2v) is 7.26. The molecule has 1 atom stereocenters. The summed E-state index contributed by atoms with van der Waals surface area (Å²) < 4.78 is 10.3. The molecule has 1 fully saturated rings. The quantitative estimate of drug-likeness (QED) is 0.747. The number of nitrogens with one attached hydrogen (secondary N) is 1. The zero-order chi connectivity index (χ0) is 20.3. The number of rotatable bonds is 6. The van der Waals surface area contributed by atoms with Crippen molar-refractivity contribution in [2.24, 2.45) is 5.92 Å². The predicted molar refractivity (Wildman–Crippen MR) is 103 cm³/mol. The number of amides is 2. The lowest BCUT2D eigenvalue weighted by molar-refractivity contribution is -0.151.